The molecule has 0 bridgehead atoms. The smallest absolute Gasteiger partial charge is 0.308 e. The van der Waals surface area contributed by atoms with Crippen molar-refractivity contribution in [1.82, 2.24) is 0 Å². The van der Waals surface area contributed by atoms with Crippen LogP contribution in [-0.2, 0) is 9.53 Å². The standard InChI is InChI=1S/C9H19ClO2Si/c1-6-8(13(4,5)10)12-9(11)7(2)3/h7-8H,6H2,1-5H3. The summed E-state index contributed by atoms with van der Waals surface area (Å²) >= 11 is 6.21. The molecule has 1 atom stereocenters. The highest BCUT2D eigenvalue weighted by atomic mass is 35.6. The fourth-order valence-electron chi connectivity index (χ4n) is 0.985. The number of carbonyl (C=O) groups is 1. The summed E-state index contributed by atoms with van der Waals surface area (Å²) in [6, 6.07) is 0. The molecule has 0 N–H and O–H groups in total. The van der Waals surface area contributed by atoms with Crippen LogP contribution in [0.2, 0.25) is 13.1 Å². The molecule has 0 saturated carbocycles. The van der Waals surface area contributed by atoms with Gasteiger partial charge in [-0.2, -0.15) is 11.1 Å². The van der Waals surface area contributed by atoms with Crippen molar-refractivity contribution in [2.75, 3.05) is 0 Å². The molecule has 0 aromatic carbocycles. The van der Waals surface area contributed by atoms with E-state index in [-0.39, 0.29) is 17.6 Å². The van der Waals surface area contributed by atoms with Gasteiger partial charge in [0.05, 0.1) is 5.92 Å². The van der Waals surface area contributed by atoms with Gasteiger partial charge in [-0.1, -0.05) is 33.9 Å². The molecule has 13 heavy (non-hydrogen) atoms. The Balaban J connectivity index is 4.22. The van der Waals surface area contributed by atoms with Crippen LogP contribution in [0.5, 0.6) is 0 Å². The molecule has 0 aliphatic carbocycles. The first kappa shape index (κ1) is 13.0. The van der Waals surface area contributed by atoms with Crippen LogP contribution >= 0.6 is 11.1 Å². The summed E-state index contributed by atoms with van der Waals surface area (Å²) in [4.78, 5) is 11.3. The van der Waals surface area contributed by atoms with Crippen molar-refractivity contribution >= 4 is 24.4 Å². The van der Waals surface area contributed by atoms with Crippen molar-refractivity contribution in [2.24, 2.45) is 5.92 Å². The molecule has 1 unspecified atom stereocenters. The van der Waals surface area contributed by atoms with Crippen molar-refractivity contribution in [2.45, 2.75) is 46.0 Å². The zero-order valence-corrected chi connectivity index (χ0v) is 10.8. The van der Waals surface area contributed by atoms with Crippen LogP contribution in [0, 0.1) is 5.92 Å². The van der Waals surface area contributed by atoms with Gasteiger partial charge in [-0.05, 0) is 6.42 Å². The van der Waals surface area contributed by atoms with Gasteiger partial charge >= 0.3 is 5.97 Å². The van der Waals surface area contributed by atoms with Crippen molar-refractivity contribution in [3.8, 4) is 0 Å². The minimum absolute atomic E-state index is 0.0657. The van der Waals surface area contributed by atoms with Crippen LogP contribution in [0.15, 0.2) is 0 Å². The van der Waals surface area contributed by atoms with E-state index < -0.39 is 7.38 Å². The summed E-state index contributed by atoms with van der Waals surface area (Å²) < 4.78 is 5.32. The Kier molecular flexibility index (Phi) is 5.00. The predicted molar refractivity (Wildman–Crippen MR) is 58.3 cm³/mol. The molecule has 0 aliphatic heterocycles. The third-order valence-electron chi connectivity index (χ3n) is 1.87. The number of hydrogen-bond donors (Lipinski definition) is 0. The summed E-state index contributed by atoms with van der Waals surface area (Å²) in [7, 11) is -1.87. The third kappa shape index (κ3) is 4.67. The predicted octanol–water partition coefficient (Wildman–Crippen LogP) is 2.95. The number of hydrogen-bond acceptors (Lipinski definition) is 2. The van der Waals surface area contributed by atoms with Gasteiger partial charge in [0, 0.05) is 0 Å². The minimum atomic E-state index is -1.87. The average molecular weight is 223 g/mol. The maximum absolute atomic E-state index is 11.3. The van der Waals surface area contributed by atoms with Gasteiger partial charge in [0.2, 0.25) is 0 Å². The fraction of sp³-hybridized carbons (Fsp3) is 0.889. The summed E-state index contributed by atoms with van der Waals surface area (Å²) in [6.07, 6.45) is 0.807. The number of ether oxygens (including phenoxy) is 1. The van der Waals surface area contributed by atoms with Gasteiger partial charge in [-0.3, -0.25) is 4.79 Å². The first-order valence-corrected chi connectivity index (χ1v) is 8.77. The van der Waals surface area contributed by atoms with Crippen LogP contribution in [-0.4, -0.2) is 19.1 Å². The number of esters is 1. The molecule has 2 nitrogen and oxygen atoms in total. The Morgan fingerprint density at radius 1 is 1.46 bits per heavy atom. The second-order valence-corrected chi connectivity index (χ2v) is 10.7. The summed E-state index contributed by atoms with van der Waals surface area (Å²) in [5.41, 5.74) is -0.0657. The Bertz CT molecular complexity index is 175. The average Bonchev–Trinajstić information content (AvgIpc) is 1.96. The summed E-state index contributed by atoms with van der Waals surface area (Å²) in [5, 5.41) is 0. The van der Waals surface area contributed by atoms with Crippen LogP contribution in [0.4, 0.5) is 0 Å². The largest absolute Gasteiger partial charge is 0.464 e. The quantitative estimate of drug-likeness (QED) is 0.415. The lowest BCUT2D eigenvalue weighted by Crippen LogP contribution is -2.40. The lowest BCUT2D eigenvalue weighted by molar-refractivity contribution is -0.149. The molecule has 0 spiro atoms. The van der Waals surface area contributed by atoms with E-state index in [2.05, 4.69) is 0 Å². The topological polar surface area (TPSA) is 26.3 Å². The molecule has 0 aromatic rings. The highest BCUT2D eigenvalue weighted by molar-refractivity contribution is 7.19. The van der Waals surface area contributed by atoms with Gasteiger partial charge in [-0.25, -0.2) is 0 Å². The fourth-order valence-corrected chi connectivity index (χ4v) is 2.95. The lowest BCUT2D eigenvalue weighted by atomic mass is 10.2. The number of carbonyl (C=O) groups excluding carboxylic acids is 1. The van der Waals surface area contributed by atoms with Crippen LogP contribution in [0.25, 0.3) is 0 Å². The molecule has 0 saturated heterocycles. The maximum atomic E-state index is 11.3. The van der Waals surface area contributed by atoms with Crippen molar-refractivity contribution in [3.05, 3.63) is 0 Å². The third-order valence-corrected chi connectivity index (χ3v) is 4.65. The van der Waals surface area contributed by atoms with Crippen LogP contribution in [0.3, 0.4) is 0 Å². The number of rotatable bonds is 4. The molecule has 0 rings (SSSR count). The Labute approximate surface area is 86.3 Å². The highest BCUT2D eigenvalue weighted by Gasteiger charge is 2.32. The van der Waals surface area contributed by atoms with E-state index in [4.69, 9.17) is 15.8 Å². The molecule has 0 heterocycles. The van der Waals surface area contributed by atoms with Crippen molar-refractivity contribution in [1.29, 1.82) is 0 Å². The zero-order chi connectivity index (χ0) is 10.6. The van der Waals surface area contributed by atoms with E-state index in [1.54, 1.807) is 0 Å². The second kappa shape index (κ2) is 5.01. The van der Waals surface area contributed by atoms with Gasteiger partial charge in [0.25, 0.3) is 0 Å². The van der Waals surface area contributed by atoms with E-state index in [0.29, 0.717) is 0 Å². The lowest BCUT2D eigenvalue weighted by Gasteiger charge is -2.25. The minimum Gasteiger partial charge on any atom is -0.464 e. The molecule has 0 aliphatic rings. The highest BCUT2D eigenvalue weighted by Crippen LogP contribution is 2.20. The Morgan fingerprint density at radius 2 is 1.92 bits per heavy atom. The first-order valence-electron chi connectivity index (χ1n) is 4.68. The van der Waals surface area contributed by atoms with Crippen LogP contribution in [0.1, 0.15) is 27.2 Å². The van der Waals surface area contributed by atoms with E-state index in [9.17, 15) is 4.79 Å². The summed E-state index contributed by atoms with van der Waals surface area (Å²) in [6.45, 7) is 9.65. The zero-order valence-electron chi connectivity index (χ0n) is 9.06. The van der Waals surface area contributed by atoms with E-state index >= 15 is 0 Å². The molecular weight excluding hydrogens is 204 g/mol. The van der Waals surface area contributed by atoms with E-state index in [0.717, 1.165) is 6.42 Å². The maximum Gasteiger partial charge on any atom is 0.308 e. The van der Waals surface area contributed by atoms with E-state index in [1.807, 2.05) is 33.9 Å². The molecular formula is C9H19ClO2Si. The SMILES string of the molecule is CCC(OC(=O)C(C)C)[Si](C)(C)Cl. The summed E-state index contributed by atoms with van der Waals surface area (Å²) in [5.74, 6) is -0.213. The Morgan fingerprint density at radius 3 is 2.15 bits per heavy atom. The Hall–Kier alpha value is -0.0231. The number of halogens is 1. The van der Waals surface area contributed by atoms with Gasteiger partial charge in [0.15, 0.2) is 7.38 Å². The van der Waals surface area contributed by atoms with Gasteiger partial charge in [0.1, 0.15) is 5.73 Å². The van der Waals surface area contributed by atoms with Crippen LogP contribution < -0.4 is 0 Å². The van der Waals surface area contributed by atoms with Gasteiger partial charge in [-0.15, -0.1) is 0 Å². The monoisotopic (exact) mass is 222 g/mol. The molecule has 4 heteroatoms. The van der Waals surface area contributed by atoms with E-state index in [1.165, 1.54) is 0 Å². The van der Waals surface area contributed by atoms with Crippen molar-refractivity contribution < 1.29 is 9.53 Å². The molecule has 0 fully saturated rings. The molecule has 78 valence electrons. The molecule has 0 radical (unpaired) electrons. The van der Waals surface area contributed by atoms with Gasteiger partial charge < -0.3 is 4.74 Å². The molecule has 0 amide bonds. The second-order valence-electron chi connectivity index (χ2n) is 4.05. The van der Waals surface area contributed by atoms with Crippen molar-refractivity contribution in [3.63, 3.8) is 0 Å². The molecule has 0 aromatic heterocycles. The normalized spacial score (nSPS) is 14.4. The first-order chi connectivity index (χ1) is 5.79.